The molecule has 0 saturated heterocycles. The Hall–Kier alpha value is -1.39. The first-order chi connectivity index (χ1) is 8.85. The lowest BCUT2D eigenvalue weighted by Crippen LogP contribution is -2.35. The molecule has 102 valence electrons. The van der Waals surface area contributed by atoms with Gasteiger partial charge in [0, 0.05) is 18.3 Å². The summed E-state index contributed by atoms with van der Waals surface area (Å²) in [5.41, 5.74) is 2.06. The molecule has 2 aromatic heterocycles. The molecule has 5 heteroatoms. The van der Waals surface area contributed by atoms with Crippen molar-refractivity contribution >= 4 is 11.6 Å². The van der Waals surface area contributed by atoms with Crippen molar-refractivity contribution in [2.24, 2.45) is 0 Å². The summed E-state index contributed by atoms with van der Waals surface area (Å²) in [4.78, 5) is 4.41. The van der Waals surface area contributed by atoms with Crippen molar-refractivity contribution in [1.29, 1.82) is 0 Å². The van der Waals surface area contributed by atoms with Gasteiger partial charge in [0.1, 0.15) is 0 Å². The minimum atomic E-state index is 0.102. The summed E-state index contributed by atoms with van der Waals surface area (Å²) < 4.78 is 1.69. The van der Waals surface area contributed by atoms with Crippen molar-refractivity contribution in [3.63, 3.8) is 0 Å². The number of nitrogens with zero attached hydrogens (tertiary/aromatic N) is 3. The normalized spacial score (nSPS) is 11.8. The van der Waals surface area contributed by atoms with Crippen LogP contribution < -0.4 is 5.32 Å². The predicted molar refractivity (Wildman–Crippen MR) is 77.7 cm³/mol. The molecule has 0 aliphatic rings. The second-order valence-electron chi connectivity index (χ2n) is 5.64. The monoisotopic (exact) mass is 278 g/mol. The Kier molecular flexibility index (Phi) is 3.92. The third-order valence-corrected chi connectivity index (χ3v) is 3.08. The highest BCUT2D eigenvalue weighted by Gasteiger charge is 2.09. The molecule has 0 saturated carbocycles. The second-order valence-corrected chi connectivity index (χ2v) is 6.04. The zero-order valence-corrected chi connectivity index (χ0v) is 12.5. The summed E-state index contributed by atoms with van der Waals surface area (Å²) in [7, 11) is 0. The zero-order valence-electron chi connectivity index (χ0n) is 11.7. The van der Waals surface area contributed by atoms with Crippen LogP contribution in [-0.2, 0) is 6.54 Å². The lowest BCUT2D eigenvalue weighted by Gasteiger charge is -2.20. The van der Waals surface area contributed by atoms with Crippen LogP contribution in [-0.4, -0.2) is 20.3 Å². The van der Waals surface area contributed by atoms with E-state index in [2.05, 4.69) is 36.2 Å². The number of halogens is 1. The van der Waals surface area contributed by atoms with Crippen LogP contribution >= 0.6 is 11.6 Å². The summed E-state index contributed by atoms with van der Waals surface area (Å²) in [6, 6.07) is 3.99. The fourth-order valence-electron chi connectivity index (χ4n) is 1.58. The van der Waals surface area contributed by atoms with Gasteiger partial charge < -0.3 is 5.32 Å². The fraction of sp³-hybridized carbons (Fsp3) is 0.429. The van der Waals surface area contributed by atoms with E-state index in [1.165, 1.54) is 0 Å². The molecular weight excluding hydrogens is 260 g/mol. The largest absolute Gasteiger partial charge is 0.308 e. The molecular formula is C14H19ClN4. The average Bonchev–Trinajstić information content (AvgIpc) is 2.67. The Balaban J connectivity index is 2.10. The van der Waals surface area contributed by atoms with Crippen LogP contribution in [0.4, 0.5) is 0 Å². The minimum absolute atomic E-state index is 0.102. The van der Waals surface area contributed by atoms with E-state index in [0.717, 1.165) is 23.6 Å². The SMILES string of the molecule is Cc1nn(-c2ccc(CNC(C)(C)C)cn2)cc1Cl. The molecule has 0 atom stereocenters. The highest BCUT2D eigenvalue weighted by Crippen LogP contribution is 2.15. The Bertz CT molecular complexity index is 532. The molecule has 0 aromatic carbocycles. The number of hydrogen-bond donors (Lipinski definition) is 1. The molecule has 0 aliphatic heterocycles. The number of aryl methyl sites for hydroxylation is 1. The molecule has 4 nitrogen and oxygen atoms in total. The second kappa shape index (κ2) is 5.31. The van der Waals surface area contributed by atoms with Gasteiger partial charge in [-0.2, -0.15) is 5.10 Å². The van der Waals surface area contributed by atoms with Gasteiger partial charge in [-0.15, -0.1) is 0 Å². The standard InChI is InChI=1S/C14H19ClN4/c1-10-12(15)9-19(18-10)13-6-5-11(7-16-13)8-17-14(2,3)4/h5-7,9,17H,8H2,1-4H3. The van der Waals surface area contributed by atoms with Crippen molar-refractivity contribution in [2.45, 2.75) is 39.8 Å². The van der Waals surface area contributed by atoms with Gasteiger partial charge >= 0.3 is 0 Å². The maximum atomic E-state index is 5.99. The predicted octanol–water partition coefficient (Wildman–Crippen LogP) is 3.12. The summed E-state index contributed by atoms with van der Waals surface area (Å²) >= 11 is 5.99. The highest BCUT2D eigenvalue weighted by molar-refractivity contribution is 6.31. The van der Waals surface area contributed by atoms with Crippen LogP contribution in [0.1, 0.15) is 32.0 Å². The Morgan fingerprint density at radius 1 is 1.32 bits per heavy atom. The van der Waals surface area contributed by atoms with E-state index in [4.69, 9.17) is 11.6 Å². The van der Waals surface area contributed by atoms with Crippen molar-refractivity contribution in [2.75, 3.05) is 0 Å². The molecule has 0 bridgehead atoms. The van der Waals surface area contributed by atoms with Crippen LogP contribution in [0.25, 0.3) is 5.82 Å². The van der Waals surface area contributed by atoms with Gasteiger partial charge in [-0.3, -0.25) is 0 Å². The number of hydrogen-bond acceptors (Lipinski definition) is 3. The van der Waals surface area contributed by atoms with E-state index in [0.29, 0.717) is 5.02 Å². The number of pyridine rings is 1. The van der Waals surface area contributed by atoms with Crippen LogP contribution in [0, 0.1) is 6.92 Å². The van der Waals surface area contributed by atoms with E-state index in [1.807, 2.05) is 25.3 Å². The molecule has 2 aromatic rings. The van der Waals surface area contributed by atoms with Gasteiger partial charge in [0.15, 0.2) is 5.82 Å². The topological polar surface area (TPSA) is 42.7 Å². The van der Waals surface area contributed by atoms with Gasteiger partial charge in [0.25, 0.3) is 0 Å². The first-order valence-electron chi connectivity index (χ1n) is 6.27. The van der Waals surface area contributed by atoms with Crippen LogP contribution in [0.5, 0.6) is 0 Å². The number of rotatable bonds is 3. The van der Waals surface area contributed by atoms with Gasteiger partial charge in [0.05, 0.1) is 16.9 Å². The molecule has 0 unspecified atom stereocenters. The van der Waals surface area contributed by atoms with E-state index in [-0.39, 0.29) is 5.54 Å². The molecule has 0 radical (unpaired) electrons. The minimum Gasteiger partial charge on any atom is -0.308 e. The smallest absolute Gasteiger partial charge is 0.153 e. The lowest BCUT2D eigenvalue weighted by atomic mass is 10.1. The molecule has 1 N–H and O–H groups in total. The van der Waals surface area contributed by atoms with Gasteiger partial charge in [-0.25, -0.2) is 9.67 Å². The van der Waals surface area contributed by atoms with Crippen LogP contribution in [0.15, 0.2) is 24.5 Å². The highest BCUT2D eigenvalue weighted by atomic mass is 35.5. The van der Waals surface area contributed by atoms with Crippen LogP contribution in [0.3, 0.4) is 0 Å². The number of aromatic nitrogens is 3. The van der Waals surface area contributed by atoms with E-state index in [9.17, 15) is 0 Å². The molecule has 2 heterocycles. The van der Waals surface area contributed by atoms with Crippen molar-refractivity contribution in [3.8, 4) is 5.82 Å². The van der Waals surface area contributed by atoms with Crippen molar-refractivity contribution < 1.29 is 0 Å². The Morgan fingerprint density at radius 3 is 2.53 bits per heavy atom. The molecule has 0 spiro atoms. The molecule has 0 aliphatic carbocycles. The summed E-state index contributed by atoms with van der Waals surface area (Å²) in [5, 5.41) is 8.38. The van der Waals surface area contributed by atoms with Crippen molar-refractivity contribution in [1.82, 2.24) is 20.1 Å². The summed E-state index contributed by atoms with van der Waals surface area (Å²) in [6.45, 7) is 9.10. The first kappa shape index (κ1) is 14.0. The summed E-state index contributed by atoms with van der Waals surface area (Å²) in [6.07, 6.45) is 3.63. The van der Waals surface area contributed by atoms with E-state index < -0.39 is 0 Å². The third-order valence-electron chi connectivity index (χ3n) is 2.71. The lowest BCUT2D eigenvalue weighted by molar-refractivity contribution is 0.424. The first-order valence-corrected chi connectivity index (χ1v) is 6.65. The maximum absolute atomic E-state index is 5.99. The Morgan fingerprint density at radius 2 is 2.05 bits per heavy atom. The molecule has 19 heavy (non-hydrogen) atoms. The van der Waals surface area contributed by atoms with E-state index >= 15 is 0 Å². The van der Waals surface area contributed by atoms with Crippen LogP contribution in [0.2, 0.25) is 5.02 Å². The van der Waals surface area contributed by atoms with Gasteiger partial charge in [0.2, 0.25) is 0 Å². The van der Waals surface area contributed by atoms with Crippen molar-refractivity contribution in [3.05, 3.63) is 40.8 Å². The number of nitrogens with one attached hydrogen (secondary N) is 1. The molecule has 0 fully saturated rings. The Labute approximate surface area is 118 Å². The quantitative estimate of drug-likeness (QED) is 0.938. The molecule has 0 amide bonds. The van der Waals surface area contributed by atoms with Gasteiger partial charge in [-0.1, -0.05) is 17.7 Å². The fourth-order valence-corrected chi connectivity index (χ4v) is 1.71. The average molecular weight is 279 g/mol. The zero-order chi connectivity index (χ0) is 14.0. The van der Waals surface area contributed by atoms with Gasteiger partial charge in [-0.05, 0) is 39.3 Å². The third kappa shape index (κ3) is 3.78. The summed E-state index contributed by atoms with van der Waals surface area (Å²) in [5.74, 6) is 0.773. The molecule has 2 rings (SSSR count). The maximum Gasteiger partial charge on any atom is 0.153 e. The van der Waals surface area contributed by atoms with E-state index in [1.54, 1.807) is 10.9 Å².